The van der Waals surface area contributed by atoms with E-state index in [0.717, 1.165) is 11.1 Å². The van der Waals surface area contributed by atoms with Crippen LogP contribution in [-0.2, 0) is 6.61 Å². The molecule has 0 aliphatic carbocycles. The lowest BCUT2D eigenvalue weighted by Crippen LogP contribution is -1.88. The zero-order valence-electron chi connectivity index (χ0n) is 6.34. The molecule has 2 rings (SSSR count). The van der Waals surface area contributed by atoms with Crippen molar-refractivity contribution in [2.45, 2.75) is 6.61 Å². The molecule has 0 atom stereocenters. The smallest absolute Gasteiger partial charge is 0.0683 e. The monoisotopic (exact) mass is 184 g/mol. The summed E-state index contributed by atoms with van der Waals surface area (Å²) in [5.41, 5.74) is 1.93. The van der Waals surface area contributed by atoms with Crippen LogP contribution in [0, 0.1) is 0 Å². The minimum atomic E-state index is 0. The molecule has 0 aromatic carbocycles. The predicted molar refractivity (Wildman–Crippen MR) is 48.4 cm³/mol. The highest BCUT2D eigenvalue weighted by Gasteiger charge is 1.93. The molecule has 0 spiro atoms. The van der Waals surface area contributed by atoms with Crippen molar-refractivity contribution in [3.8, 4) is 0 Å². The molecule has 0 amide bonds. The first-order chi connectivity index (χ1) is 5.40. The lowest BCUT2D eigenvalue weighted by molar-refractivity contribution is 0.282. The third-order valence-corrected chi connectivity index (χ3v) is 1.65. The molecule has 4 heteroatoms. The van der Waals surface area contributed by atoms with Crippen molar-refractivity contribution in [2.24, 2.45) is 0 Å². The number of hydrogen-bond donors (Lipinski definition) is 1. The fourth-order valence-electron chi connectivity index (χ4n) is 1.07. The lowest BCUT2D eigenvalue weighted by Gasteiger charge is -1.95. The molecule has 0 saturated heterocycles. The summed E-state index contributed by atoms with van der Waals surface area (Å²) in [4.78, 5) is 0. The quantitative estimate of drug-likeness (QED) is 0.725. The Bertz CT molecular complexity index is 372. The van der Waals surface area contributed by atoms with Gasteiger partial charge in [-0.05, 0) is 23.8 Å². The molecular formula is C8H9ClN2O. The average Bonchev–Trinajstić information content (AvgIpc) is 2.50. The van der Waals surface area contributed by atoms with E-state index < -0.39 is 0 Å². The molecule has 0 radical (unpaired) electrons. The van der Waals surface area contributed by atoms with E-state index in [1.807, 2.05) is 24.4 Å². The number of aliphatic hydroxyl groups is 1. The summed E-state index contributed by atoms with van der Waals surface area (Å²) in [6.07, 6.45) is 3.57. The van der Waals surface area contributed by atoms with E-state index in [-0.39, 0.29) is 19.0 Å². The molecule has 64 valence electrons. The number of pyridine rings is 1. The van der Waals surface area contributed by atoms with E-state index in [1.165, 1.54) is 0 Å². The average molecular weight is 185 g/mol. The maximum absolute atomic E-state index is 8.80. The van der Waals surface area contributed by atoms with Crippen molar-refractivity contribution in [3.63, 3.8) is 0 Å². The van der Waals surface area contributed by atoms with E-state index in [9.17, 15) is 0 Å². The summed E-state index contributed by atoms with van der Waals surface area (Å²) < 4.78 is 1.76. The summed E-state index contributed by atoms with van der Waals surface area (Å²) in [6, 6.07) is 5.66. The molecule has 12 heavy (non-hydrogen) atoms. The Hall–Kier alpha value is -1.06. The zero-order chi connectivity index (χ0) is 7.68. The summed E-state index contributed by atoms with van der Waals surface area (Å²) >= 11 is 0. The maximum Gasteiger partial charge on any atom is 0.0683 e. The van der Waals surface area contributed by atoms with Gasteiger partial charge >= 0.3 is 0 Å². The molecule has 1 N–H and O–H groups in total. The number of nitrogens with zero attached hydrogens (tertiary/aromatic N) is 2. The fourth-order valence-corrected chi connectivity index (χ4v) is 1.07. The Balaban J connectivity index is 0.000000720. The third kappa shape index (κ3) is 1.42. The normalized spacial score (nSPS) is 9.75. The van der Waals surface area contributed by atoms with Gasteiger partial charge in [0.2, 0.25) is 0 Å². The van der Waals surface area contributed by atoms with Crippen LogP contribution >= 0.6 is 12.4 Å². The number of aliphatic hydroxyl groups excluding tert-OH is 1. The first-order valence-corrected chi connectivity index (χ1v) is 3.43. The van der Waals surface area contributed by atoms with Crippen LogP contribution < -0.4 is 0 Å². The molecule has 2 aromatic heterocycles. The van der Waals surface area contributed by atoms with Gasteiger partial charge in [-0.3, -0.25) is 0 Å². The summed E-state index contributed by atoms with van der Waals surface area (Å²) in [7, 11) is 0. The molecule has 2 heterocycles. The van der Waals surface area contributed by atoms with Gasteiger partial charge in [-0.2, -0.15) is 5.10 Å². The van der Waals surface area contributed by atoms with Gasteiger partial charge in [-0.25, -0.2) is 4.52 Å². The van der Waals surface area contributed by atoms with Gasteiger partial charge in [-0.1, -0.05) is 0 Å². The van der Waals surface area contributed by atoms with Gasteiger partial charge in [0.05, 0.1) is 12.1 Å². The van der Waals surface area contributed by atoms with Gasteiger partial charge in [0.15, 0.2) is 0 Å². The second-order valence-corrected chi connectivity index (χ2v) is 2.39. The minimum Gasteiger partial charge on any atom is -0.392 e. The molecule has 2 aromatic rings. The van der Waals surface area contributed by atoms with Crippen LogP contribution in [0.5, 0.6) is 0 Å². The maximum atomic E-state index is 8.80. The van der Waals surface area contributed by atoms with E-state index in [2.05, 4.69) is 5.10 Å². The Morgan fingerprint density at radius 3 is 3.00 bits per heavy atom. The van der Waals surface area contributed by atoms with Crippen molar-refractivity contribution >= 4 is 17.9 Å². The standard InChI is InChI=1S/C8H8N2O.ClH/c11-6-7-2-4-10-8(5-7)1-3-9-10;/h1-5,11H,6H2;1H. The van der Waals surface area contributed by atoms with Gasteiger partial charge < -0.3 is 5.11 Å². The van der Waals surface area contributed by atoms with Crippen LogP contribution in [0.3, 0.4) is 0 Å². The van der Waals surface area contributed by atoms with Gasteiger partial charge in [-0.15, -0.1) is 12.4 Å². The number of fused-ring (bicyclic) bond motifs is 1. The van der Waals surface area contributed by atoms with Crippen LogP contribution in [0.2, 0.25) is 0 Å². The highest BCUT2D eigenvalue weighted by Crippen LogP contribution is 2.05. The predicted octanol–water partition coefficient (Wildman–Crippen LogP) is 1.25. The number of hydrogen-bond acceptors (Lipinski definition) is 2. The lowest BCUT2D eigenvalue weighted by atomic mass is 10.2. The number of halogens is 1. The highest BCUT2D eigenvalue weighted by molar-refractivity contribution is 5.85. The first-order valence-electron chi connectivity index (χ1n) is 3.43. The number of rotatable bonds is 1. The molecule has 0 aliphatic heterocycles. The van der Waals surface area contributed by atoms with E-state index in [1.54, 1.807) is 10.7 Å². The highest BCUT2D eigenvalue weighted by atomic mass is 35.5. The van der Waals surface area contributed by atoms with Crippen LogP contribution in [0.1, 0.15) is 5.56 Å². The van der Waals surface area contributed by atoms with E-state index in [0.29, 0.717) is 0 Å². The largest absolute Gasteiger partial charge is 0.392 e. The molecule has 0 unspecified atom stereocenters. The Labute approximate surface area is 76.0 Å². The molecule has 3 nitrogen and oxygen atoms in total. The Morgan fingerprint density at radius 1 is 1.42 bits per heavy atom. The van der Waals surface area contributed by atoms with E-state index in [4.69, 9.17) is 5.11 Å². The van der Waals surface area contributed by atoms with Crippen LogP contribution in [0.4, 0.5) is 0 Å². The molecule has 0 saturated carbocycles. The minimum absolute atomic E-state index is 0. The molecular weight excluding hydrogens is 176 g/mol. The first kappa shape index (κ1) is 9.03. The zero-order valence-corrected chi connectivity index (χ0v) is 7.16. The van der Waals surface area contributed by atoms with Gasteiger partial charge in [0, 0.05) is 12.4 Å². The van der Waals surface area contributed by atoms with Crippen LogP contribution in [0.15, 0.2) is 30.6 Å². The summed E-state index contributed by atoms with van der Waals surface area (Å²) in [6.45, 7) is 0.0850. The molecule has 0 bridgehead atoms. The van der Waals surface area contributed by atoms with Crippen molar-refractivity contribution in [1.82, 2.24) is 9.61 Å². The summed E-state index contributed by atoms with van der Waals surface area (Å²) in [5, 5.41) is 12.8. The van der Waals surface area contributed by atoms with Crippen molar-refractivity contribution in [3.05, 3.63) is 36.2 Å². The fraction of sp³-hybridized carbons (Fsp3) is 0.125. The van der Waals surface area contributed by atoms with E-state index >= 15 is 0 Å². The second-order valence-electron chi connectivity index (χ2n) is 2.39. The van der Waals surface area contributed by atoms with Crippen molar-refractivity contribution < 1.29 is 5.11 Å². The van der Waals surface area contributed by atoms with Gasteiger partial charge in [0.25, 0.3) is 0 Å². The van der Waals surface area contributed by atoms with Gasteiger partial charge in [0.1, 0.15) is 0 Å². The third-order valence-electron chi connectivity index (χ3n) is 1.65. The van der Waals surface area contributed by atoms with Crippen LogP contribution in [-0.4, -0.2) is 14.7 Å². The second kappa shape index (κ2) is 3.56. The van der Waals surface area contributed by atoms with Crippen molar-refractivity contribution in [2.75, 3.05) is 0 Å². The number of aromatic nitrogens is 2. The molecule has 0 aliphatic rings. The Morgan fingerprint density at radius 2 is 2.25 bits per heavy atom. The van der Waals surface area contributed by atoms with Crippen LogP contribution in [0.25, 0.3) is 5.52 Å². The summed E-state index contributed by atoms with van der Waals surface area (Å²) in [5.74, 6) is 0. The Kier molecular flexibility index (Phi) is 2.68. The topological polar surface area (TPSA) is 37.5 Å². The molecule has 0 fully saturated rings. The SMILES string of the molecule is Cl.OCc1ccn2nccc2c1. The van der Waals surface area contributed by atoms with Crippen molar-refractivity contribution in [1.29, 1.82) is 0 Å².